The SMILES string of the molecule is O=C(O)C1CC(Oc2nc(C3CCOCC3)c(-c3ccc(F)c(Cl)c3)c3cc4cn[nH]c4cc23)C1. The van der Waals surface area contributed by atoms with Crippen LogP contribution in [0.1, 0.15) is 37.3 Å². The molecule has 1 saturated heterocycles. The third-order valence-electron chi connectivity index (χ3n) is 7.09. The van der Waals surface area contributed by atoms with Crippen molar-refractivity contribution in [3.8, 4) is 17.0 Å². The molecule has 2 aromatic carbocycles. The van der Waals surface area contributed by atoms with Gasteiger partial charge in [0.2, 0.25) is 5.88 Å². The zero-order valence-corrected chi connectivity index (χ0v) is 19.5. The maximum absolute atomic E-state index is 14.1. The van der Waals surface area contributed by atoms with E-state index >= 15 is 0 Å². The average molecular weight is 496 g/mol. The topological polar surface area (TPSA) is 97.3 Å². The first-order valence-corrected chi connectivity index (χ1v) is 12.1. The van der Waals surface area contributed by atoms with Gasteiger partial charge in [0.25, 0.3) is 0 Å². The molecule has 9 heteroatoms. The minimum atomic E-state index is -0.798. The Morgan fingerprint density at radius 3 is 2.71 bits per heavy atom. The maximum Gasteiger partial charge on any atom is 0.306 e. The van der Waals surface area contributed by atoms with Crippen molar-refractivity contribution in [3.63, 3.8) is 0 Å². The molecule has 1 saturated carbocycles. The maximum atomic E-state index is 14.1. The van der Waals surface area contributed by atoms with Gasteiger partial charge in [-0.15, -0.1) is 0 Å². The van der Waals surface area contributed by atoms with Crippen molar-refractivity contribution in [2.24, 2.45) is 5.92 Å². The van der Waals surface area contributed by atoms with E-state index in [9.17, 15) is 14.3 Å². The molecule has 4 aromatic rings. The second-order valence-electron chi connectivity index (χ2n) is 9.29. The molecular formula is C26H23ClFN3O4. The van der Waals surface area contributed by atoms with Gasteiger partial charge in [-0.25, -0.2) is 9.37 Å². The number of aromatic amines is 1. The predicted molar refractivity (Wildman–Crippen MR) is 129 cm³/mol. The molecule has 6 rings (SSSR count). The van der Waals surface area contributed by atoms with E-state index in [1.54, 1.807) is 18.3 Å². The van der Waals surface area contributed by atoms with Gasteiger partial charge in [0, 0.05) is 35.5 Å². The lowest BCUT2D eigenvalue weighted by atomic mass is 9.82. The highest BCUT2D eigenvalue weighted by molar-refractivity contribution is 6.31. The van der Waals surface area contributed by atoms with E-state index in [0.29, 0.717) is 31.9 Å². The summed E-state index contributed by atoms with van der Waals surface area (Å²) in [6, 6.07) is 8.73. The molecule has 2 fully saturated rings. The molecule has 0 radical (unpaired) electrons. The number of nitrogens with zero attached hydrogens (tertiary/aromatic N) is 2. The number of pyridine rings is 1. The van der Waals surface area contributed by atoms with Crippen LogP contribution in [0, 0.1) is 11.7 Å². The van der Waals surface area contributed by atoms with Crippen LogP contribution in [-0.2, 0) is 9.53 Å². The Bertz CT molecular complexity index is 1440. The number of aliphatic carboxylic acids is 1. The van der Waals surface area contributed by atoms with Crippen molar-refractivity contribution in [1.82, 2.24) is 15.2 Å². The van der Waals surface area contributed by atoms with Crippen LogP contribution in [0.2, 0.25) is 5.02 Å². The first-order chi connectivity index (χ1) is 17.0. The second-order valence-corrected chi connectivity index (χ2v) is 9.70. The van der Waals surface area contributed by atoms with Gasteiger partial charge < -0.3 is 14.6 Å². The molecule has 0 unspecified atom stereocenters. The molecule has 1 aliphatic carbocycles. The molecule has 35 heavy (non-hydrogen) atoms. The number of carboxylic acids is 1. The average Bonchev–Trinajstić information content (AvgIpc) is 3.29. The third kappa shape index (κ3) is 4.00. The van der Waals surface area contributed by atoms with E-state index in [1.165, 1.54) is 6.07 Å². The van der Waals surface area contributed by atoms with Gasteiger partial charge >= 0.3 is 5.97 Å². The fourth-order valence-corrected chi connectivity index (χ4v) is 5.25. The van der Waals surface area contributed by atoms with Gasteiger partial charge in [-0.2, -0.15) is 5.10 Å². The van der Waals surface area contributed by atoms with Crippen LogP contribution in [0.4, 0.5) is 4.39 Å². The first kappa shape index (κ1) is 22.2. The third-order valence-corrected chi connectivity index (χ3v) is 7.38. The largest absolute Gasteiger partial charge is 0.481 e. The summed E-state index contributed by atoms with van der Waals surface area (Å²) in [5.74, 6) is -1.06. The lowest BCUT2D eigenvalue weighted by Gasteiger charge is -2.33. The Morgan fingerprint density at radius 1 is 1.17 bits per heavy atom. The van der Waals surface area contributed by atoms with Crippen molar-refractivity contribution < 1.29 is 23.8 Å². The molecule has 2 N–H and O–H groups in total. The zero-order chi connectivity index (χ0) is 24.1. The highest BCUT2D eigenvalue weighted by Gasteiger charge is 2.37. The van der Waals surface area contributed by atoms with E-state index in [-0.39, 0.29) is 23.0 Å². The van der Waals surface area contributed by atoms with Gasteiger partial charge in [0.05, 0.1) is 28.3 Å². The number of rotatable bonds is 5. The van der Waals surface area contributed by atoms with Crippen molar-refractivity contribution in [1.29, 1.82) is 0 Å². The van der Waals surface area contributed by atoms with Gasteiger partial charge in [-0.1, -0.05) is 17.7 Å². The zero-order valence-electron chi connectivity index (χ0n) is 18.8. The number of ether oxygens (including phenoxy) is 2. The quantitative estimate of drug-likeness (QED) is 0.368. The fraction of sp³-hybridized carbons (Fsp3) is 0.346. The molecule has 2 aromatic heterocycles. The number of halogens is 2. The summed E-state index contributed by atoms with van der Waals surface area (Å²) in [6.45, 7) is 1.27. The van der Waals surface area contributed by atoms with E-state index in [0.717, 1.165) is 51.3 Å². The molecule has 0 bridgehead atoms. The van der Waals surface area contributed by atoms with Gasteiger partial charge in [0.15, 0.2) is 0 Å². The van der Waals surface area contributed by atoms with E-state index in [2.05, 4.69) is 10.2 Å². The van der Waals surface area contributed by atoms with Crippen LogP contribution in [0.25, 0.3) is 32.8 Å². The number of carboxylic acid groups (broad SMARTS) is 1. The van der Waals surface area contributed by atoms with Crippen LogP contribution in [0.5, 0.6) is 5.88 Å². The fourth-order valence-electron chi connectivity index (χ4n) is 5.07. The minimum Gasteiger partial charge on any atom is -0.481 e. The smallest absolute Gasteiger partial charge is 0.306 e. The van der Waals surface area contributed by atoms with E-state index < -0.39 is 11.8 Å². The van der Waals surface area contributed by atoms with Crippen LogP contribution < -0.4 is 4.74 Å². The van der Waals surface area contributed by atoms with Crippen molar-refractivity contribution in [2.75, 3.05) is 13.2 Å². The molecule has 0 amide bonds. The second kappa shape index (κ2) is 8.77. The molecule has 7 nitrogen and oxygen atoms in total. The first-order valence-electron chi connectivity index (χ1n) is 11.7. The van der Waals surface area contributed by atoms with Gasteiger partial charge in [-0.05, 0) is 60.9 Å². The molecular weight excluding hydrogens is 473 g/mol. The predicted octanol–water partition coefficient (Wildman–Crippen LogP) is 5.71. The summed E-state index contributed by atoms with van der Waals surface area (Å²) in [5.41, 5.74) is 3.36. The van der Waals surface area contributed by atoms with Crippen LogP contribution in [0.15, 0.2) is 36.5 Å². The number of fused-ring (bicyclic) bond motifs is 2. The van der Waals surface area contributed by atoms with Crippen molar-refractivity contribution >= 4 is 39.2 Å². The Balaban J connectivity index is 1.57. The molecule has 0 spiro atoms. The number of hydrogen-bond donors (Lipinski definition) is 2. The number of carbonyl (C=O) groups is 1. The summed E-state index contributed by atoms with van der Waals surface area (Å²) in [4.78, 5) is 16.3. The Morgan fingerprint density at radius 2 is 1.97 bits per heavy atom. The monoisotopic (exact) mass is 495 g/mol. The Hall–Kier alpha value is -3.23. The summed E-state index contributed by atoms with van der Waals surface area (Å²) in [7, 11) is 0. The number of aromatic nitrogens is 3. The van der Waals surface area contributed by atoms with Gasteiger partial charge in [0.1, 0.15) is 11.9 Å². The van der Waals surface area contributed by atoms with Crippen LogP contribution in [0.3, 0.4) is 0 Å². The van der Waals surface area contributed by atoms with Gasteiger partial charge in [-0.3, -0.25) is 9.89 Å². The van der Waals surface area contributed by atoms with E-state index in [4.69, 9.17) is 26.1 Å². The summed E-state index contributed by atoms with van der Waals surface area (Å²) in [5, 5.41) is 19.1. The van der Waals surface area contributed by atoms with Crippen molar-refractivity contribution in [2.45, 2.75) is 37.7 Å². The highest BCUT2D eigenvalue weighted by Crippen LogP contribution is 2.44. The number of nitrogens with one attached hydrogen (secondary N) is 1. The molecule has 3 heterocycles. The molecule has 2 aliphatic rings. The van der Waals surface area contributed by atoms with Crippen LogP contribution in [-0.4, -0.2) is 45.6 Å². The summed E-state index contributed by atoms with van der Waals surface area (Å²) >= 11 is 6.19. The molecule has 1 aliphatic heterocycles. The summed E-state index contributed by atoms with van der Waals surface area (Å²) < 4.78 is 26.0. The highest BCUT2D eigenvalue weighted by atomic mass is 35.5. The molecule has 0 atom stereocenters. The normalized spacial score (nSPS) is 20.7. The number of H-pyrrole nitrogens is 1. The Labute approximate surface area is 205 Å². The lowest BCUT2D eigenvalue weighted by molar-refractivity contribution is -0.148. The molecule has 180 valence electrons. The minimum absolute atomic E-state index is 0.0486. The number of hydrogen-bond acceptors (Lipinski definition) is 5. The van der Waals surface area contributed by atoms with E-state index in [1.807, 2.05) is 12.1 Å². The standard InChI is InChI=1S/C26H23ClFN3O4/c27-20-10-14(1-2-21(20)28)23-18-9-16-12-29-31-22(16)11-19(18)25(35-17-7-15(8-17)26(32)33)30-24(23)13-3-5-34-6-4-13/h1-2,9-13,15,17H,3-8H2,(H,29,31)(H,32,33). The lowest BCUT2D eigenvalue weighted by Crippen LogP contribution is -2.38. The Kier molecular flexibility index (Phi) is 5.57. The number of benzene rings is 2. The summed E-state index contributed by atoms with van der Waals surface area (Å²) in [6.07, 6.45) is 4.06. The van der Waals surface area contributed by atoms with Crippen LogP contribution >= 0.6 is 11.6 Å². The van der Waals surface area contributed by atoms with Crippen molar-refractivity contribution in [3.05, 3.63) is 53.1 Å².